The molecule has 0 radical (unpaired) electrons. The first kappa shape index (κ1) is 18.7. The van der Waals surface area contributed by atoms with E-state index >= 15 is 0 Å². The summed E-state index contributed by atoms with van der Waals surface area (Å²) in [5.74, 6) is 1.57. The Morgan fingerprint density at radius 1 is 1.13 bits per heavy atom. The number of aromatic nitrogens is 6. The van der Waals surface area contributed by atoms with E-state index in [-0.39, 0.29) is 12.1 Å². The SMILES string of the molecule is Cc1nc2ncc(-c3ccn4nc(NC5CC(O)C5)ncc34)cc2n1C1CCOCC1. The van der Waals surface area contributed by atoms with Crippen LogP contribution < -0.4 is 5.32 Å². The molecule has 4 aromatic rings. The van der Waals surface area contributed by atoms with Gasteiger partial charge in [-0.1, -0.05) is 0 Å². The Balaban J connectivity index is 1.36. The van der Waals surface area contributed by atoms with Crippen LogP contribution in [-0.4, -0.2) is 59.6 Å². The second-order valence-corrected chi connectivity index (χ2v) is 8.55. The summed E-state index contributed by atoms with van der Waals surface area (Å²) in [7, 11) is 0. The number of nitrogens with zero attached hydrogens (tertiary/aromatic N) is 6. The fourth-order valence-corrected chi connectivity index (χ4v) is 4.74. The van der Waals surface area contributed by atoms with Crippen LogP contribution in [0.25, 0.3) is 27.8 Å². The van der Waals surface area contributed by atoms with Gasteiger partial charge in [-0.25, -0.2) is 19.5 Å². The largest absolute Gasteiger partial charge is 0.393 e. The molecule has 4 aromatic heterocycles. The standard InChI is InChI=1S/C22H25N7O2/c1-13-25-21-19(29(13)16-3-6-31-7-4-16)8-14(11-23-21)18-2-5-28-20(18)12-24-22(27-28)26-15-9-17(30)10-15/h2,5,8,11-12,15-17,30H,3-4,6-7,9-10H2,1H3,(H,26,27). The highest BCUT2D eigenvalue weighted by Crippen LogP contribution is 2.31. The Morgan fingerprint density at radius 3 is 2.77 bits per heavy atom. The Morgan fingerprint density at radius 2 is 1.97 bits per heavy atom. The lowest BCUT2D eigenvalue weighted by Gasteiger charge is -2.31. The highest BCUT2D eigenvalue weighted by molar-refractivity contribution is 5.85. The van der Waals surface area contributed by atoms with Crippen LogP contribution >= 0.6 is 0 Å². The van der Waals surface area contributed by atoms with Crippen molar-refractivity contribution in [2.45, 2.75) is 50.8 Å². The third kappa shape index (κ3) is 3.24. The van der Waals surface area contributed by atoms with Crippen LogP contribution in [0.2, 0.25) is 0 Å². The Kier molecular flexibility index (Phi) is 4.39. The molecule has 0 aromatic carbocycles. The Bertz CT molecular complexity index is 1250. The van der Waals surface area contributed by atoms with Crippen molar-refractivity contribution in [2.75, 3.05) is 18.5 Å². The van der Waals surface area contributed by atoms with Crippen molar-refractivity contribution in [1.29, 1.82) is 0 Å². The molecule has 31 heavy (non-hydrogen) atoms. The third-order valence-electron chi connectivity index (χ3n) is 6.45. The first-order valence-electron chi connectivity index (χ1n) is 10.9. The number of aliphatic hydroxyl groups is 1. The maximum Gasteiger partial charge on any atom is 0.241 e. The van der Waals surface area contributed by atoms with Crippen LogP contribution in [0.15, 0.2) is 30.7 Å². The molecule has 0 atom stereocenters. The average molecular weight is 419 g/mol. The first-order valence-corrected chi connectivity index (χ1v) is 10.9. The van der Waals surface area contributed by atoms with E-state index in [1.165, 1.54) is 0 Å². The van der Waals surface area contributed by atoms with E-state index in [9.17, 15) is 5.11 Å². The number of hydrogen-bond acceptors (Lipinski definition) is 7. The number of aliphatic hydroxyl groups excluding tert-OH is 1. The number of hydrogen-bond donors (Lipinski definition) is 2. The summed E-state index contributed by atoms with van der Waals surface area (Å²) in [5.41, 5.74) is 4.83. The minimum Gasteiger partial charge on any atom is -0.393 e. The van der Waals surface area contributed by atoms with Crippen molar-refractivity contribution in [1.82, 2.24) is 29.1 Å². The summed E-state index contributed by atoms with van der Waals surface area (Å²) in [4.78, 5) is 13.8. The van der Waals surface area contributed by atoms with Gasteiger partial charge in [0.1, 0.15) is 5.82 Å². The lowest BCUT2D eigenvalue weighted by Crippen LogP contribution is -2.39. The molecular weight excluding hydrogens is 394 g/mol. The zero-order valence-electron chi connectivity index (χ0n) is 17.4. The predicted octanol–water partition coefficient (Wildman–Crippen LogP) is 2.74. The highest BCUT2D eigenvalue weighted by Gasteiger charge is 2.27. The van der Waals surface area contributed by atoms with E-state index in [1.807, 2.05) is 36.1 Å². The van der Waals surface area contributed by atoms with Crippen LogP contribution in [0, 0.1) is 6.92 Å². The monoisotopic (exact) mass is 419 g/mol. The minimum atomic E-state index is -0.208. The highest BCUT2D eigenvalue weighted by atomic mass is 16.5. The smallest absolute Gasteiger partial charge is 0.241 e. The van der Waals surface area contributed by atoms with E-state index < -0.39 is 0 Å². The number of pyridine rings is 1. The van der Waals surface area contributed by atoms with Crippen molar-refractivity contribution in [3.63, 3.8) is 0 Å². The van der Waals surface area contributed by atoms with Crippen molar-refractivity contribution in [3.05, 3.63) is 36.5 Å². The maximum absolute atomic E-state index is 9.47. The molecule has 0 bridgehead atoms. The maximum atomic E-state index is 9.47. The van der Waals surface area contributed by atoms with Crippen LogP contribution in [-0.2, 0) is 4.74 Å². The van der Waals surface area contributed by atoms with Gasteiger partial charge in [0, 0.05) is 48.8 Å². The summed E-state index contributed by atoms with van der Waals surface area (Å²) in [5, 5.41) is 17.3. The lowest BCUT2D eigenvalue weighted by atomic mass is 9.90. The number of rotatable bonds is 4. The molecule has 6 rings (SSSR count). The number of anilines is 1. The Labute approximate surface area is 179 Å². The van der Waals surface area contributed by atoms with Gasteiger partial charge in [0.05, 0.1) is 23.3 Å². The molecule has 1 saturated heterocycles. The fourth-order valence-electron chi connectivity index (χ4n) is 4.74. The number of ether oxygens (including phenoxy) is 1. The van der Waals surface area contributed by atoms with E-state index in [2.05, 4.69) is 36.0 Å². The molecule has 9 heteroatoms. The molecule has 160 valence electrons. The second-order valence-electron chi connectivity index (χ2n) is 8.55. The van der Waals surface area contributed by atoms with Crippen LogP contribution in [0.3, 0.4) is 0 Å². The molecule has 2 aliphatic rings. The molecule has 2 N–H and O–H groups in total. The van der Waals surface area contributed by atoms with Gasteiger partial charge in [-0.3, -0.25) is 0 Å². The zero-order chi connectivity index (χ0) is 20.9. The van der Waals surface area contributed by atoms with Crippen LogP contribution in [0.1, 0.15) is 37.5 Å². The average Bonchev–Trinajstić information content (AvgIpc) is 3.32. The molecule has 2 fully saturated rings. The van der Waals surface area contributed by atoms with E-state index in [0.717, 1.165) is 72.5 Å². The molecular formula is C22H25N7O2. The summed E-state index contributed by atoms with van der Waals surface area (Å²) >= 11 is 0. The number of fused-ring (bicyclic) bond motifs is 2. The summed E-state index contributed by atoms with van der Waals surface area (Å²) in [6, 6.07) is 4.85. The van der Waals surface area contributed by atoms with Gasteiger partial charge in [-0.2, -0.15) is 0 Å². The predicted molar refractivity (Wildman–Crippen MR) is 116 cm³/mol. The van der Waals surface area contributed by atoms with Gasteiger partial charge < -0.3 is 19.7 Å². The quantitative estimate of drug-likeness (QED) is 0.524. The van der Waals surface area contributed by atoms with Gasteiger partial charge in [0.15, 0.2) is 5.65 Å². The van der Waals surface area contributed by atoms with Gasteiger partial charge in [-0.15, -0.1) is 5.10 Å². The zero-order valence-corrected chi connectivity index (χ0v) is 17.4. The summed E-state index contributed by atoms with van der Waals surface area (Å²) in [6.45, 7) is 3.62. The van der Waals surface area contributed by atoms with Gasteiger partial charge in [-0.05, 0) is 44.7 Å². The lowest BCUT2D eigenvalue weighted by molar-refractivity contribution is 0.0701. The van der Waals surface area contributed by atoms with Gasteiger partial charge in [0.25, 0.3) is 0 Å². The van der Waals surface area contributed by atoms with Crippen LogP contribution in [0.4, 0.5) is 5.95 Å². The minimum absolute atomic E-state index is 0.208. The van der Waals surface area contributed by atoms with Crippen molar-refractivity contribution in [2.24, 2.45) is 0 Å². The molecule has 9 nitrogen and oxygen atoms in total. The van der Waals surface area contributed by atoms with Crippen molar-refractivity contribution in [3.8, 4) is 11.1 Å². The molecule has 1 aliphatic carbocycles. The topological polar surface area (TPSA) is 102 Å². The van der Waals surface area contributed by atoms with E-state index in [1.54, 1.807) is 0 Å². The number of imidazole rings is 1. The third-order valence-corrected chi connectivity index (χ3v) is 6.45. The van der Waals surface area contributed by atoms with Gasteiger partial charge >= 0.3 is 0 Å². The number of aryl methyl sites for hydroxylation is 1. The normalized spacial score (nSPS) is 22.1. The van der Waals surface area contributed by atoms with Crippen molar-refractivity contribution < 1.29 is 9.84 Å². The summed E-state index contributed by atoms with van der Waals surface area (Å²) < 4.78 is 9.70. The Hall–Kier alpha value is -3.04. The van der Waals surface area contributed by atoms with Crippen LogP contribution in [0.5, 0.6) is 0 Å². The molecule has 1 saturated carbocycles. The molecule has 0 spiro atoms. The van der Waals surface area contributed by atoms with E-state index in [0.29, 0.717) is 12.0 Å². The van der Waals surface area contributed by atoms with Gasteiger partial charge in [0.2, 0.25) is 5.95 Å². The first-order chi connectivity index (χ1) is 15.2. The van der Waals surface area contributed by atoms with Crippen molar-refractivity contribution >= 4 is 22.6 Å². The van der Waals surface area contributed by atoms with E-state index in [4.69, 9.17) is 4.74 Å². The fraction of sp³-hybridized carbons (Fsp3) is 0.455. The molecule has 0 amide bonds. The molecule has 0 unspecified atom stereocenters. The second kappa shape index (κ2) is 7.28. The number of nitrogens with one attached hydrogen (secondary N) is 1. The molecule has 1 aliphatic heterocycles. The molecule has 5 heterocycles. The summed E-state index contributed by atoms with van der Waals surface area (Å²) in [6.07, 6.45) is 8.92.